The van der Waals surface area contributed by atoms with E-state index >= 15 is 0 Å². The molecule has 13 heavy (non-hydrogen) atoms. The highest BCUT2D eigenvalue weighted by molar-refractivity contribution is 5.80. The Morgan fingerprint density at radius 3 is 3.23 bits per heavy atom. The summed E-state index contributed by atoms with van der Waals surface area (Å²) in [6, 6.07) is 0. The van der Waals surface area contributed by atoms with Gasteiger partial charge in [-0.2, -0.15) is 0 Å². The molecule has 0 aliphatic heterocycles. The van der Waals surface area contributed by atoms with Crippen LogP contribution in [-0.2, 0) is 16.6 Å². The number of carboxylic acids is 1. The number of nitrogens with zero attached hydrogens (tertiary/aromatic N) is 1. The third-order valence-corrected chi connectivity index (χ3v) is 2.72. The van der Waals surface area contributed by atoms with Gasteiger partial charge in [-0.05, 0) is 19.8 Å². The van der Waals surface area contributed by atoms with Crippen LogP contribution in [0.25, 0.3) is 0 Å². The van der Waals surface area contributed by atoms with E-state index in [1.165, 1.54) is 6.39 Å². The van der Waals surface area contributed by atoms with Gasteiger partial charge in [-0.1, -0.05) is 0 Å². The van der Waals surface area contributed by atoms with Crippen LogP contribution in [0.3, 0.4) is 0 Å². The molecule has 2 rings (SSSR count). The van der Waals surface area contributed by atoms with E-state index in [9.17, 15) is 4.79 Å². The first-order chi connectivity index (χ1) is 6.14. The van der Waals surface area contributed by atoms with Crippen LogP contribution in [0, 0.1) is 0 Å². The Bertz CT molecular complexity index is 344. The van der Waals surface area contributed by atoms with Crippen molar-refractivity contribution in [1.29, 1.82) is 0 Å². The van der Waals surface area contributed by atoms with Crippen molar-refractivity contribution in [2.45, 2.75) is 31.6 Å². The summed E-state index contributed by atoms with van der Waals surface area (Å²) in [6.07, 6.45) is 3.63. The Morgan fingerprint density at radius 1 is 1.77 bits per heavy atom. The molecule has 4 nitrogen and oxygen atoms in total. The highest BCUT2D eigenvalue weighted by Crippen LogP contribution is 2.36. The summed E-state index contributed by atoms with van der Waals surface area (Å²) in [5.74, 6) is -0.0847. The van der Waals surface area contributed by atoms with Crippen LogP contribution >= 0.6 is 0 Å². The van der Waals surface area contributed by atoms with Gasteiger partial charge in [-0.15, -0.1) is 0 Å². The molecule has 0 radical (unpaired) electrons. The largest absolute Gasteiger partial charge is 0.481 e. The van der Waals surface area contributed by atoms with Gasteiger partial charge in [0.15, 0.2) is 6.39 Å². The molecule has 70 valence electrons. The molecule has 1 heterocycles. The van der Waals surface area contributed by atoms with E-state index in [4.69, 9.17) is 9.52 Å². The second kappa shape index (κ2) is 2.58. The fourth-order valence-electron chi connectivity index (χ4n) is 1.83. The smallest absolute Gasteiger partial charge is 0.315 e. The van der Waals surface area contributed by atoms with Gasteiger partial charge < -0.3 is 9.52 Å². The molecule has 1 aromatic rings. The van der Waals surface area contributed by atoms with Crippen molar-refractivity contribution in [2.75, 3.05) is 0 Å². The minimum absolute atomic E-state index is 0.603. The first-order valence-corrected chi connectivity index (χ1v) is 4.31. The topological polar surface area (TPSA) is 63.3 Å². The van der Waals surface area contributed by atoms with Gasteiger partial charge in [0.1, 0.15) is 11.2 Å². The molecule has 1 atom stereocenters. The standard InChI is InChI=1S/C9H11NO3/c1-9(8(11)12)4-2-3-6-7(9)10-5-13-6/h5H,2-4H2,1H3,(H,11,12). The minimum Gasteiger partial charge on any atom is -0.481 e. The third-order valence-electron chi connectivity index (χ3n) is 2.72. The number of carboxylic acid groups (broad SMARTS) is 1. The Labute approximate surface area is 75.6 Å². The zero-order valence-corrected chi connectivity index (χ0v) is 7.41. The minimum atomic E-state index is -0.847. The molecule has 0 spiro atoms. The molecule has 1 aliphatic carbocycles. The maximum atomic E-state index is 11.1. The second-order valence-electron chi connectivity index (χ2n) is 3.61. The van der Waals surface area contributed by atoms with E-state index in [0.29, 0.717) is 12.1 Å². The number of aliphatic carboxylic acids is 1. The molecule has 1 N–H and O–H groups in total. The van der Waals surface area contributed by atoms with Crippen molar-refractivity contribution in [3.8, 4) is 0 Å². The number of rotatable bonds is 1. The van der Waals surface area contributed by atoms with Gasteiger partial charge in [0.05, 0.1) is 5.69 Å². The summed E-state index contributed by atoms with van der Waals surface area (Å²) < 4.78 is 5.13. The normalized spacial score (nSPS) is 26.8. The van der Waals surface area contributed by atoms with E-state index in [0.717, 1.165) is 18.6 Å². The monoisotopic (exact) mass is 181 g/mol. The fourth-order valence-corrected chi connectivity index (χ4v) is 1.83. The number of hydrogen-bond donors (Lipinski definition) is 1. The molecule has 0 saturated carbocycles. The predicted octanol–water partition coefficient (Wildman–Crippen LogP) is 1.35. The number of aryl methyl sites for hydroxylation is 1. The molecule has 0 saturated heterocycles. The Morgan fingerprint density at radius 2 is 2.54 bits per heavy atom. The summed E-state index contributed by atoms with van der Waals surface area (Å²) in [5, 5.41) is 9.08. The van der Waals surface area contributed by atoms with E-state index in [2.05, 4.69) is 4.98 Å². The molecular weight excluding hydrogens is 170 g/mol. The number of oxazole rings is 1. The van der Waals surface area contributed by atoms with Crippen molar-refractivity contribution >= 4 is 5.97 Å². The first kappa shape index (κ1) is 8.29. The highest BCUT2D eigenvalue weighted by atomic mass is 16.4. The average Bonchev–Trinajstić information content (AvgIpc) is 2.53. The van der Waals surface area contributed by atoms with Crippen molar-refractivity contribution in [3.05, 3.63) is 17.8 Å². The third kappa shape index (κ3) is 1.05. The molecule has 0 bridgehead atoms. The van der Waals surface area contributed by atoms with Crippen LogP contribution in [0.4, 0.5) is 0 Å². The van der Waals surface area contributed by atoms with Crippen LogP contribution in [0.1, 0.15) is 31.2 Å². The summed E-state index contributed by atoms with van der Waals surface area (Å²) in [7, 11) is 0. The SMILES string of the molecule is CC1(C(=O)O)CCCc2ocnc21. The molecule has 0 aromatic carbocycles. The van der Waals surface area contributed by atoms with Gasteiger partial charge in [0, 0.05) is 6.42 Å². The van der Waals surface area contributed by atoms with Crippen LogP contribution in [0.5, 0.6) is 0 Å². The van der Waals surface area contributed by atoms with Gasteiger partial charge in [-0.3, -0.25) is 4.79 Å². The molecule has 0 amide bonds. The van der Waals surface area contributed by atoms with Crippen LogP contribution in [0.15, 0.2) is 10.8 Å². The Hall–Kier alpha value is -1.32. The summed E-state index contributed by atoms with van der Waals surface area (Å²) >= 11 is 0. The van der Waals surface area contributed by atoms with Gasteiger partial charge in [0.2, 0.25) is 0 Å². The van der Waals surface area contributed by atoms with E-state index in [1.807, 2.05) is 0 Å². The molecule has 1 aromatic heterocycles. The molecule has 1 unspecified atom stereocenters. The van der Waals surface area contributed by atoms with E-state index in [1.54, 1.807) is 6.92 Å². The number of aromatic nitrogens is 1. The lowest BCUT2D eigenvalue weighted by Crippen LogP contribution is -2.36. The second-order valence-corrected chi connectivity index (χ2v) is 3.61. The highest BCUT2D eigenvalue weighted by Gasteiger charge is 2.42. The lowest BCUT2D eigenvalue weighted by atomic mass is 9.76. The fraction of sp³-hybridized carbons (Fsp3) is 0.556. The van der Waals surface area contributed by atoms with Crippen LogP contribution in [-0.4, -0.2) is 16.1 Å². The lowest BCUT2D eigenvalue weighted by molar-refractivity contribution is -0.144. The number of fused-ring (bicyclic) bond motifs is 1. The predicted molar refractivity (Wildman–Crippen MR) is 44.4 cm³/mol. The first-order valence-electron chi connectivity index (χ1n) is 4.31. The van der Waals surface area contributed by atoms with E-state index in [-0.39, 0.29) is 0 Å². The Balaban J connectivity index is 2.51. The number of carbonyl (C=O) groups is 1. The summed E-state index contributed by atoms with van der Waals surface area (Å²) in [4.78, 5) is 15.0. The van der Waals surface area contributed by atoms with Gasteiger partial charge in [-0.25, -0.2) is 4.98 Å². The van der Waals surface area contributed by atoms with Crippen molar-refractivity contribution in [1.82, 2.24) is 4.98 Å². The maximum absolute atomic E-state index is 11.1. The Kier molecular flexibility index (Phi) is 1.65. The van der Waals surface area contributed by atoms with Crippen molar-refractivity contribution in [2.24, 2.45) is 0 Å². The van der Waals surface area contributed by atoms with Crippen molar-refractivity contribution in [3.63, 3.8) is 0 Å². The molecule has 1 aliphatic rings. The maximum Gasteiger partial charge on any atom is 0.315 e. The number of hydrogen-bond acceptors (Lipinski definition) is 3. The molecular formula is C9H11NO3. The molecule has 4 heteroatoms. The van der Waals surface area contributed by atoms with Crippen LogP contribution in [0.2, 0.25) is 0 Å². The quantitative estimate of drug-likeness (QED) is 0.710. The lowest BCUT2D eigenvalue weighted by Gasteiger charge is -2.26. The molecule has 0 fully saturated rings. The van der Waals surface area contributed by atoms with Crippen LogP contribution < -0.4 is 0 Å². The average molecular weight is 181 g/mol. The van der Waals surface area contributed by atoms with Crippen molar-refractivity contribution < 1.29 is 14.3 Å². The summed E-state index contributed by atoms with van der Waals surface area (Å²) in [6.45, 7) is 1.70. The zero-order valence-electron chi connectivity index (χ0n) is 7.41. The zero-order chi connectivity index (χ0) is 9.47. The van der Waals surface area contributed by atoms with E-state index < -0.39 is 11.4 Å². The van der Waals surface area contributed by atoms with Gasteiger partial charge in [0.25, 0.3) is 0 Å². The van der Waals surface area contributed by atoms with Gasteiger partial charge >= 0.3 is 5.97 Å². The summed E-state index contributed by atoms with van der Waals surface area (Å²) in [5.41, 5.74) is -0.244.